The molecule has 2 heterocycles. The van der Waals surface area contributed by atoms with Crippen molar-refractivity contribution in [1.82, 2.24) is 9.38 Å². The molecular formula is C17H16N4O4. The summed E-state index contributed by atoms with van der Waals surface area (Å²) in [6.45, 7) is 0.638. The maximum Gasteiger partial charge on any atom is 0.376 e. The molecule has 0 aliphatic carbocycles. The molecule has 0 atom stereocenters. The van der Waals surface area contributed by atoms with Gasteiger partial charge in [-0.2, -0.15) is 0 Å². The predicted octanol–water partition coefficient (Wildman–Crippen LogP) is 2.12. The molecule has 0 saturated heterocycles. The zero-order valence-corrected chi connectivity index (χ0v) is 13.5. The third kappa shape index (κ3) is 3.42. The van der Waals surface area contributed by atoms with E-state index in [4.69, 9.17) is 4.74 Å². The molecule has 0 radical (unpaired) electrons. The van der Waals surface area contributed by atoms with Crippen molar-refractivity contribution in [1.29, 1.82) is 0 Å². The molecule has 25 heavy (non-hydrogen) atoms. The van der Waals surface area contributed by atoms with Crippen molar-refractivity contribution in [2.45, 2.75) is 0 Å². The van der Waals surface area contributed by atoms with E-state index in [1.807, 2.05) is 30.3 Å². The molecule has 0 aliphatic heterocycles. The van der Waals surface area contributed by atoms with Crippen molar-refractivity contribution in [3.05, 3.63) is 75.2 Å². The van der Waals surface area contributed by atoms with Gasteiger partial charge in [0.05, 0.1) is 11.5 Å². The van der Waals surface area contributed by atoms with Gasteiger partial charge in [-0.3, -0.25) is 19.3 Å². The number of benzene rings is 1. The number of anilines is 1. The molecule has 0 aliphatic rings. The van der Waals surface area contributed by atoms with Crippen LogP contribution < -0.4 is 15.2 Å². The Morgan fingerprint density at radius 3 is 2.64 bits per heavy atom. The molecule has 0 bridgehead atoms. The van der Waals surface area contributed by atoms with Crippen LogP contribution in [-0.2, 0) is 0 Å². The molecule has 128 valence electrons. The minimum absolute atomic E-state index is 0.0258. The molecule has 8 heteroatoms. The minimum Gasteiger partial charge on any atom is -0.492 e. The van der Waals surface area contributed by atoms with Crippen molar-refractivity contribution < 1.29 is 9.66 Å². The van der Waals surface area contributed by atoms with Crippen LogP contribution in [0.2, 0.25) is 0 Å². The van der Waals surface area contributed by atoms with Crippen LogP contribution >= 0.6 is 0 Å². The van der Waals surface area contributed by atoms with Crippen LogP contribution in [0, 0.1) is 10.1 Å². The van der Waals surface area contributed by atoms with Gasteiger partial charge in [-0.1, -0.05) is 24.3 Å². The zero-order chi connectivity index (χ0) is 17.8. The van der Waals surface area contributed by atoms with Gasteiger partial charge in [-0.25, -0.2) is 4.98 Å². The van der Waals surface area contributed by atoms with Crippen LogP contribution in [0.5, 0.6) is 5.75 Å². The molecular weight excluding hydrogens is 324 g/mol. The Bertz CT molecular complexity index is 956. The standard InChI is InChI=1S/C17H16N4O4/c1-19(11-12-25-13-7-3-2-4-8-13)16-15(21(23)24)17(22)20-10-6-5-9-14(20)18-16/h2-10H,11-12H2,1H3. The highest BCUT2D eigenvalue weighted by Gasteiger charge is 2.25. The molecule has 0 unspecified atom stereocenters. The molecule has 0 spiro atoms. The van der Waals surface area contributed by atoms with Gasteiger partial charge in [-0.05, 0) is 24.3 Å². The van der Waals surface area contributed by atoms with Gasteiger partial charge in [0, 0.05) is 13.2 Å². The second kappa shape index (κ2) is 7.00. The minimum atomic E-state index is -0.707. The Hall–Kier alpha value is -3.42. The summed E-state index contributed by atoms with van der Waals surface area (Å²) in [6.07, 6.45) is 1.46. The summed E-state index contributed by atoms with van der Waals surface area (Å²) in [4.78, 5) is 28.9. The number of nitro groups is 1. The van der Waals surface area contributed by atoms with Crippen molar-refractivity contribution in [3.8, 4) is 5.75 Å². The summed E-state index contributed by atoms with van der Waals surface area (Å²) >= 11 is 0. The Balaban J connectivity index is 1.87. The van der Waals surface area contributed by atoms with Gasteiger partial charge in [0.15, 0.2) is 0 Å². The first kappa shape index (κ1) is 16.4. The third-order valence-corrected chi connectivity index (χ3v) is 3.67. The number of nitrogens with zero attached hydrogens (tertiary/aromatic N) is 4. The highest BCUT2D eigenvalue weighted by molar-refractivity contribution is 5.61. The largest absolute Gasteiger partial charge is 0.492 e. The maximum atomic E-state index is 12.4. The second-order valence-corrected chi connectivity index (χ2v) is 5.36. The van der Waals surface area contributed by atoms with Crippen LogP contribution in [0.1, 0.15) is 0 Å². The summed E-state index contributed by atoms with van der Waals surface area (Å²) < 4.78 is 6.76. The first-order valence-electron chi connectivity index (χ1n) is 7.62. The van der Waals surface area contributed by atoms with E-state index in [9.17, 15) is 14.9 Å². The molecule has 0 N–H and O–H groups in total. The third-order valence-electron chi connectivity index (χ3n) is 3.67. The zero-order valence-electron chi connectivity index (χ0n) is 13.5. The predicted molar refractivity (Wildman–Crippen MR) is 93.3 cm³/mol. The molecule has 0 fully saturated rings. The fourth-order valence-corrected chi connectivity index (χ4v) is 2.42. The number of fused-ring (bicyclic) bond motifs is 1. The van der Waals surface area contributed by atoms with E-state index in [2.05, 4.69) is 4.98 Å². The van der Waals surface area contributed by atoms with Gasteiger partial charge < -0.3 is 9.64 Å². The van der Waals surface area contributed by atoms with Gasteiger partial charge in [0.25, 0.3) is 0 Å². The van der Waals surface area contributed by atoms with Crippen LogP contribution in [-0.4, -0.2) is 34.5 Å². The van der Waals surface area contributed by atoms with E-state index >= 15 is 0 Å². The Morgan fingerprint density at radius 1 is 1.20 bits per heavy atom. The Morgan fingerprint density at radius 2 is 1.92 bits per heavy atom. The molecule has 0 saturated carbocycles. The van der Waals surface area contributed by atoms with Gasteiger partial charge in [-0.15, -0.1) is 0 Å². The second-order valence-electron chi connectivity index (χ2n) is 5.36. The summed E-state index contributed by atoms with van der Waals surface area (Å²) in [5, 5.41) is 11.4. The van der Waals surface area contributed by atoms with Crippen molar-refractivity contribution in [2.24, 2.45) is 0 Å². The monoisotopic (exact) mass is 340 g/mol. The number of pyridine rings is 1. The van der Waals surface area contributed by atoms with Crippen LogP contribution in [0.15, 0.2) is 59.5 Å². The number of aromatic nitrogens is 2. The van der Waals surface area contributed by atoms with Crippen LogP contribution in [0.25, 0.3) is 5.65 Å². The smallest absolute Gasteiger partial charge is 0.376 e. The SMILES string of the molecule is CN(CCOc1ccccc1)c1nc2ccccn2c(=O)c1[N+](=O)[O-]. The van der Waals surface area contributed by atoms with Crippen molar-refractivity contribution in [3.63, 3.8) is 0 Å². The van der Waals surface area contributed by atoms with Crippen molar-refractivity contribution in [2.75, 3.05) is 25.1 Å². The highest BCUT2D eigenvalue weighted by Crippen LogP contribution is 2.21. The van der Waals surface area contributed by atoms with Gasteiger partial charge in [0.2, 0.25) is 5.82 Å². The van der Waals surface area contributed by atoms with Gasteiger partial charge in [0.1, 0.15) is 18.0 Å². The Labute approximate surface area is 143 Å². The van der Waals surface area contributed by atoms with E-state index in [0.29, 0.717) is 24.5 Å². The summed E-state index contributed by atoms with van der Waals surface area (Å²) in [6, 6.07) is 14.2. The topological polar surface area (TPSA) is 90.0 Å². The number of para-hydroxylation sites is 1. The normalized spacial score (nSPS) is 10.6. The number of ether oxygens (including phenoxy) is 1. The average Bonchev–Trinajstić information content (AvgIpc) is 2.62. The molecule has 3 rings (SSSR count). The number of rotatable bonds is 6. The van der Waals surface area contributed by atoms with Crippen LogP contribution in [0.4, 0.5) is 11.5 Å². The quantitative estimate of drug-likeness (QED) is 0.504. The summed E-state index contributed by atoms with van der Waals surface area (Å²) in [5.41, 5.74) is -0.906. The first-order chi connectivity index (χ1) is 12.1. The summed E-state index contributed by atoms with van der Waals surface area (Å²) in [5.74, 6) is 0.731. The van der Waals surface area contributed by atoms with E-state index < -0.39 is 16.2 Å². The fourth-order valence-electron chi connectivity index (χ4n) is 2.42. The molecule has 3 aromatic rings. The maximum absolute atomic E-state index is 12.4. The lowest BCUT2D eigenvalue weighted by molar-refractivity contribution is -0.385. The molecule has 8 nitrogen and oxygen atoms in total. The molecule has 2 aromatic heterocycles. The van der Waals surface area contributed by atoms with Crippen molar-refractivity contribution >= 4 is 17.2 Å². The lowest BCUT2D eigenvalue weighted by atomic mass is 10.3. The average molecular weight is 340 g/mol. The fraction of sp³-hybridized carbons (Fsp3) is 0.176. The van der Waals surface area contributed by atoms with E-state index in [0.717, 1.165) is 4.40 Å². The first-order valence-corrected chi connectivity index (χ1v) is 7.62. The molecule has 0 amide bonds. The van der Waals surface area contributed by atoms with Gasteiger partial charge >= 0.3 is 11.2 Å². The van der Waals surface area contributed by atoms with E-state index in [-0.39, 0.29) is 5.82 Å². The van der Waals surface area contributed by atoms with E-state index in [1.54, 1.807) is 30.1 Å². The number of hydrogen-bond acceptors (Lipinski definition) is 6. The number of hydrogen-bond donors (Lipinski definition) is 0. The van der Waals surface area contributed by atoms with Crippen LogP contribution in [0.3, 0.4) is 0 Å². The van der Waals surface area contributed by atoms with E-state index in [1.165, 1.54) is 6.20 Å². The Kier molecular flexibility index (Phi) is 4.60. The lowest BCUT2D eigenvalue weighted by Crippen LogP contribution is -2.29. The lowest BCUT2D eigenvalue weighted by Gasteiger charge is -2.18. The summed E-state index contributed by atoms with van der Waals surface area (Å²) in [7, 11) is 1.64. The highest BCUT2D eigenvalue weighted by atomic mass is 16.6. The molecule has 1 aromatic carbocycles. The number of likely N-dealkylation sites (N-methyl/N-ethyl adjacent to an activating group) is 1.